The molecule has 0 unspecified atom stereocenters. The fourth-order valence-corrected chi connectivity index (χ4v) is 2.57. The highest BCUT2D eigenvalue weighted by atomic mass is 19.1. The number of nitrogens with two attached hydrogens (primary N) is 1. The molecule has 3 N–H and O–H groups in total. The number of carbonyl (C=O) groups is 2. The summed E-state index contributed by atoms with van der Waals surface area (Å²) in [5.74, 6) is -1.42. The van der Waals surface area contributed by atoms with E-state index in [-0.39, 0.29) is 29.0 Å². The first-order valence-corrected chi connectivity index (χ1v) is 6.87. The maximum absolute atomic E-state index is 13.3. The molecule has 1 fully saturated rings. The summed E-state index contributed by atoms with van der Waals surface area (Å²) >= 11 is 0. The molecule has 0 bridgehead atoms. The number of esters is 1. The van der Waals surface area contributed by atoms with Crippen LogP contribution in [0, 0.1) is 11.2 Å². The lowest BCUT2D eigenvalue weighted by molar-refractivity contribution is -0.119. The van der Waals surface area contributed by atoms with Crippen LogP contribution in [0.4, 0.5) is 10.1 Å². The zero-order valence-electron chi connectivity index (χ0n) is 11.9. The Balaban J connectivity index is 2.13. The Hall–Kier alpha value is -1.95. The van der Waals surface area contributed by atoms with Crippen LogP contribution in [0.3, 0.4) is 0 Å². The van der Waals surface area contributed by atoms with E-state index in [1.54, 1.807) is 0 Å². The molecule has 1 aromatic carbocycles. The molecule has 0 heterocycles. The van der Waals surface area contributed by atoms with Gasteiger partial charge in [-0.05, 0) is 43.0 Å². The number of hydrogen-bond donors (Lipinski definition) is 2. The third kappa shape index (κ3) is 3.39. The minimum Gasteiger partial charge on any atom is -0.465 e. The molecular weight excluding hydrogens is 275 g/mol. The second kappa shape index (κ2) is 6.22. The van der Waals surface area contributed by atoms with Gasteiger partial charge in [0, 0.05) is 6.42 Å². The highest BCUT2D eigenvalue weighted by molar-refractivity contribution is 6.01. The summed E-state index contributed by atoms with van der Waals surface area (Å²) in [6, 6.07) is 3.55. The number of rotatable bonds is 5. The Kier molecular flexibility index (Phi) is 4.57. The molecule has 21 heavy (non-hydrogen) atoms. The van der Waals surface area contributed by atoms with E-state index in [4.69, 9.17) is 5.73 Å². The van der Waals surface area contributed by atoms with Crippen LogP contribution in [-0.2, 0) is 9.53 Å². The molecule has 0 aliphatic heterocycles. The molecule has 1 saturated carbocycles. The van der Waals surface area contributed by atoms with Crippen molar-refractivity contribution in [1.82, 2.24) is 0 Å². The van der Waals surface area contributed by atoms with E-state index in [2.05, 4.69) is 10.1 Å². The molecule has 2 rings (SSSR count). The summed E-state index contributed by atoms with van der Waals surface area (Å²) in [6.07, 6.45) is 3.19. The maximum Gasteiger partial charge on any atom is 0.339 e. The zero-order valence-corrected chi connectivity index (χ0v) is 11.9. The molecule has 1 aliphatic carbocycles. The standard InChI is InChI=1S/C15H19FN2O3/c1-21-14(20)11-4-3-10(16)7-12(11)18-13(19)8-15(9-17)5-2-6-15/h3-4,7H,2,5-6,8-9,17H2,1H3,(H,18,19). The molecule has 0 saturated heterocycles. The number of methoxy groups -OCH3 is 1. The molecule has 6 heteroatoms. The van der Waals surface area contributed by atoms with Gasteiger partial charge in [0.2, 0.25) is 5.91 Å². The fourth-order valence-electron chi connectivity index (χ4n) is 2.57. The smallest absolute Gasteiger partial charge is 0.339 e. The average molecular weight is 294 g/mol. The number of nitrogens with one attached hydrogen (secondary N) is 1. The van der Waals surface area contributed by atoms with Gasteiger partial charge in [0.05, 0.1) is 18.4 Å². The van der Waals surface area contributed by atoms with E-state index in [9.17, 15) is 14.0 Å². The maximum atomic E-state index is 13.3. The quantitative estimate of drug-likeness (QED) is 0.815. The van der Waals surface area contributed by atoms with Gasteiger partial charge in [0.15, 0.2) is 0 Å². The summed E-state index contributed by atoms with van der Waals surface area (Å²) in [4.78, 5) is 23.7. The van der Waals surface area contributed by atoms with E-state index in [0.717, 1.165) is 31.4 Å². The van der Waals surface area contributed by atoms with Gasteiger partial charge in [-0.15, -0.1) is 0 Å². The summed E-state index contributed by atoms with van der Waals surface area (Å²) in [5, 5.41) is 2.59. The molecule has 0 spiro atoms. The third-order valence-corrected chi connectivity index (χ3v) is 4.04. The second-order valence-electron chi connectivity index (χ2n) is 5.46. The number of ether oxygens (including phenoxy) is 1. The van der Waals surface area contributed by atoms with Crippen molar-refractivity contribution >= 4 is 17.6 Å². The highest BCUT2D eigenvalue weighted by Crippen LogP contribution is 2.43. The Morgan fingerprint density at radius 1 is 1.43 bits per heavy atom. The van der Waals surface area contributed by atoms with Gasteiger partial charge >= 0.3 is 5.97 Å². The monoisotopic (exact) mass is 294 g/mol. The summed E-state index contributed by atoms with van der Waals surface area (Å²) < 4.78 is 17.9. The first kappa shape index (κ1) is 15.4. The zero-order chi connectivity index (χ0) is 15.5. The van der Waals surface area contributed by atoms with Crippen molar-refractivity contribution in [3.8, 4) is 0 Å². The van der Waals surface area contributed by atoms with Gasteiger partial charge in [-0.3, -0.25) is 4.79 Å². The van der Waals surface area contributed by atoms with Gasteiger partial charge < -0.3 is 15.8 Å². The van der Waals surface area contributed by atoms with E-state index >= 15 is 0 Å². The lowest BCUT2D eigenvalue weighted by atomic mass is 9.66. The van der Waals surface area contributed by atoms with Gasteiger partial charge in [0.25, 0.3) is 0 Å². The molecule has 0 radical (unpaired) electrons. The first-order chi connectivity index (χ1) is 9.99. The van der Waals surface area contributed by atoms with Crippen molar-refractivity contribution < 1.29 is 18.7 Å². The van der Waals surface area contributed by atoms with Gasteiger partial charge in [-0.25, -0.2) is 9.18 Å². The van der Waals surface area contributed by atoms with Crippen LogP contribution in [-0.4, -0.2) is 25.5 Å². The van der Waals surface area contributed by atoms with E-state index in [1.165, 1.54) is 13.2 Å². The molecular formula is C15H19FN2O3. The van der Waals surface area contributed by atoms with E-state index in [0.29, 0.717) is 6.54 Å². The fraction of sp³-hybridized carbons (Fsp3) is 0.467. The summed E-state index contributed by atoms with van der Waals surface area (Å²) in [7, 11) is 1.23. The van der Waals surface area contributed by atoms with Crippen LogP contribution in [0.15, 0.2) is 18.2 Å². The summed E-state index contributed by atoms with van der Waals surface area (Å²) in [6.45, 7) is 0.452. The Morgan fingerprint density at radius 2 is 2.14 bits per heavy atom. The minimum absolute atomic E-state index is 0.123. The van der Waals surface area contributed by atoms with Crippen molar-refractivity contribution in [2.24, 2.45) is 11.1 Å². The number of hydrogen-bond acceptors (Lipinski definition) is 4. The van der Waals surface area contributed by atoms with Gasteiger partial charge in [-0.2, -0.15) is 0 Å². The predicted molar refractivity (Wildman–Crippen MR) is 76.3 cm³/mol. The van der Waals surface area contributed by atoms with Crippen molar-refractivity contribution in [3.63, 3.8) is 0 Å². The summed E-state index contributed by atoms with van der Waals surface area (Å²) in [5.41, 5.74) is 5.82. The molecule has 5 nitrogen and oxygen atoms in total. The van der Waals surface area contributed by atoms with Crippen LogP contribution in [0.1, 0.15) is 36.0 Å². The molecule has 1 aromatic rings. The lowest BCUT2D eigenvalue weighted by Gasteiger charge is -2.40. The van der Waals surface area contributed by atoms with Crippen LogP contribution in [0.25, 0.3) is 0 Å². The number of carbonyl (C=O) groups excluding carboxylic acids is 2. The SMILES string of the molecule is COC(=O)c1ccc(F)cc1NC(=O)CC1(CN)CCC1. The number of amides is 1. The largest absolute Gasteiger partial charge is 0.465 e. The lowest BCUT2D eigenvalue weighted by Crippen LogP contribution is -2.40. The number of anilines is 1. The van der Waals surface area contributed by atoms with Crippen molar-refractivity contribution in [1.29, 1.82) is 0 Å². The Morgan fingerprint density at radius 3 is 2.67 bits per heavy atom. The average Bonchev–Trinajstić information content (AvgIpc) is 2.42. The topological polar surface area (TPSA) is 81.4 Å². The van der Waals surface area contributed by atoms with Crippen molar-refractivity contribution in [2.75, 3.05) is 19.0 Å². The predicted octanol–water partition coefficient (Wildman–Crippen LogP) is 2.07. The minimum atomic E-state index is -0.623. The molecule has 0 aromatic heterocycles. The second-order valence-corrected chi connectivity index (χ2v) is 5.46. The Bertz CT molecular complexity index is 550. The molecule has 0 atom stereocenters. The van der Waals surface area contributed by atoms with Crippen LogP contribution >= 0.6 is 0 Å². The third-order valence-electron chi connectivity index (χ3n) is 4.04. The van der Waals surface area contributed by atoms with Crippen LogP contribution in [0.5, 0.6) is 0 Å². The van der Waals surface area contributed by atoms with Gasteiger partial charge in [0.1, 0.15) is 5.82 Å². The number of benzene rings is 1. The highest BCUT2D eigenvalue weighted by Gasteiger charge is 2.37. The van der Waals surface area contributed by atoms with E-state index < -0.39 is 11.8 Å². The Labute approximate surface area is 122 Å². The van der Waals surface area contributed by atoms with Crippen LogP contribution in [0.2, 0.25) is 0 Å². The number of halogens is 1. The first-order valence-electron chi connectivity index (χ1n) is 6.87. The van der Waals surface area contributed by atoms with Crippen LogP contribution < -0.4 is 11.1 Å². The van der Waals surface area contributed by atoms with Crippen molar-refractivity contribution in [2.45, 2.75) is 25.7 Å². The van der Waals surface area contributed by atoms with E-state index in [1.807, 2.05) is 0 Å². The molecule has 114 valence electrons. The molecule has 1 amide bonds. The van der Waals surface area contributed by atoms with Crippen molar-refractivity contribution in [3.05, 3.63) is 29.6 Å². The molecule has 1 aliphatic rings. The normalized spacial score (nSPS) is 16.0. The van der Waals surface area contributed by atoms with Gasteiger partial charge in [-0.1, -0.05) is 6.42 Å².